The minimum absolute atomic E-state index is 0.0536. The molecule has 0 bridgehead atoms. The van der Waals surface area contributed by atoms with Crippen LogP contribution < -0.4 is 10.5 Å². The normalized spacial score (nSPS) is 15.6. The smallest absolute Gasteiger partial charge is 0.270 e. The van der Waals surface area contributed by atoms with Gasteiger partial charge in [0.1, 0.15) is 24.3 Å². The number of aromatic nitrogens is 4. The Hall–Kier alpha value is -4.21. The van der Waals surface area contributed by atoms with E-state index in [1.165, 1.54) is 28.6 Å². The van der Waals surface area contributed by atoms with E-state index < -0.39 is 0 Å². The summed E-state index contributed by atoms with van der Waals surface area (Å²) < 4.78 is 8.12. The highest BCUT2D eigenvalue weighted by Crippen LogP contribution is 2.39. The molecule has 1 aliphatic carbocycles. The number of hydrogen-bond acceptors (Lipinski definition) is 7. The Morgan fingerprint density at radius 2 is 2.03 bits per heavy atom. The van der Waals surface area contributed by atoms with Crippen molar-refractivity contribution in [3.05, 3.63) is 65.5 Å². The van der Waals surface area contributed by atoms with Crippen LogP contribution in [0.25, 0.3) is 11.3 Å². The summed E-state index contributed by atoms with van der Waals surface area (Å²) in [7, 11) is 1.67. The van der Waals surface area contributed by atoms with Crippen molar-refractivity contribution in [2.75, 3.05) is 32.5 Å². The average molecular weight is 530 g/mol. The van der Waals surface area contributed by atoms with Crippen LogP contribution in [0.1, 0.15) is 46.9 Å². The second-order valence-electron chi connectivity index (χ2n) is 11.1. The van der Waals surface area contributed by atoms with Crippen molar-refractivity contribution in [1.29, 1.82) is 0 Å². The van der Waals surface area contributed by atoms with E-state index in [9.17, 15) is 9.59 Å². The maximum Gasteiger partial charge on any atom is 0.270 e. The third-order valence-electron chi connectivity index (χ3n) is 7.57. The van der Waals surface area contributed by atoms with Crippen molar-refractivity contribution < 1.29 is 14.3 Å². The molecule has 0 spiro atoms. The number of ether oxygens (including phenoxy) is 1. The van der Waals surface area contributed by atoms with Crippen LogP contribution in [-0.2, 0) is 30.7 Å². The molecule has 3 aromatic rings. The van der Waals surface area contributed by atoms with Crippen LogP contribution in [0.2, 0.25) is 0 Å². The van der Waals surface area contributed by atoms with E-state index in [4.69, 9.17) is 15.5 Å². The highest BCUT2D eigenvalue weighted by Gasteiger charge is 2.36. The van der Waals surface area contributed by atoms with Crippen molar-refractivity contribution >= 4 is 17.6 Å². The number of carbonyl (C=O) groups excluding carboxylic acids is 2. The SMILES string of the molecule is C=CC(=O)N(C)CCOc1c(N)ncnc1-c1cnc(CN2CCn3c(cc4c3CC(C)(C)C4)C2=O)c(C)c1. The summed E-state index contributed by atoms with van der Waals surface area (Å²) >= 11 is 0. The molecule has 0 fully saturated rings. The molecular formula is C29H35N7O3. The van der Waals surface area contributed by atoms with Gasteiger partial charge in [-0.1, -0.05) is 20.4 Å². The first-order chi connectivity index (χ1) is 18.6. The number of likely N-dealkylation sites (N-methyl/N-ethyl adjacent to an activating group) is 1. The lowest BCUT2D eigenvalue weighted by Crippen LogP contribution is -2.40. The number of anilines is 1. The summed E-state index contributed by atoms with van der Waals surface area (Å²) in [6, 6.07) is 4.06. The van der Waals surface area contributed by atoms with Gasteiger partial charge in [0, 0.05) is 37.6 Å². The summed E-state index contributed by atoms with van der Waals surface area (Å²) in [6.07, 6.45) is 6.39. The molecular weight excluding hydrogens is 494 g/mol. The van der Waals surface area contributed by atoms with Crippen LogP contribution in [0.4, 0.5) is 5.82 Å². The Labute approximate surface area is 228 Å². The quantitative estimate of drug-likeness (QED) is 0.446. The fraction of sp³-hybridized carbons (Fsp3) is 0.414. The largest absolute Gasteiger partial charge is 0.486 e. The molecule has 0 saturated carbocycles. The van der Waals surface area contributed by atoms with E-state index >= 15 is 0 Å². The summed E-state index contributed by atoms with van der Waals surface area (Å²) in [5, 5.41) is 0. The highest BCUT2D eigenvalue weighted by atomic mass is 16.5. The first kappa shape index (κ1) is 26.4. The van der Waals surface area contributed by atoms with Gasteiger partial charge in [-0.25, -0.2) is 9.97 Å². The predicted octanol–water partition coefficient (Wildman–Crippen LogP) is 3.03. The number of nitrogens with zero attached hydrogens (tertiary/aromatic N) is 6. The first-order valence-corrected chi connectivity index (χ1v) is 13.1. The topological polar surface area (TPSA) is 119 Å². The van der Waals surface area contributed by atoms with Gasteiger partial charge in [0.05, 0.1) is 18.8 Å². The Kier molecular flexibility index (Phi) is 6.88. The van der Waals surface area contributed by atoms with Crippen LogP contribution in [0.3, 0.4) is 0 Å². The maximum atomic E-state index is 13.4. The van der Waals surface area contributed by atoms with Gasteiger partial charge in [0.15, 0.2) is 11.6 Å². The van der Waals surface area contributed by atoms with Gasteiger partial charge in [0.2, 0.25) is 5.91 Å². The van der Waals surface area contributed by atoms with Gasteiger partial charge in [-0.15, -0.1) is 0 Å². The minimum atomic E-state index is -0.194. The molecule has 1 aliphatic heterocycles. The van der Waals surface area contributed by atoms with Crippen molar-refractivity contribution in [3.8, 4) is 17.0 Å². The molecule has 2 amide bonds. The molecule has 10 nitrogen and oxygen atoms in total. The molecule has 5 rings (SSSR count). The van der Waals surface area contributed by atoms with Crippen molar-refractivity contribution in [2.24, 2.45) is 5.41 Å². The van der Waals surface area contributed by atoms with Gasteiger partial charge < -0.3 is 24.8 Å². The van der Waals surface area contributed by atoms with E-state index in [1.807, 2.05) is 17.9 Å². The van der Waals surface area contributed by atoms with Gasteiger partial charge >= 0.3 is 0 Å². The summed E-state index contributed by atoms with van der Waals surface area (Å²) in [6.45, 7) is 12.5. The third kappa shape index (κ3) is 5.10. The zero-order valence-electron chi connectivity index (χ0n) is 23.0. The maximum absolute atomic E-state index is 13.4. The zero-order valence-corrected chi connectivity index (χ0v) is 23.0. The molecule has 10 heteroatoms. The second kappa shape index (κ2) is 10.2. The summed E-state index contributed by atoms with van der Waals surface area (Å²) in [5.74, 6) is 0.406. The molecule has 2 aliphatic rings. The van der Waals surface area contributed by atoms with Crippen LogP contribution in [-0.4, -0.2) is 67.9 Å². The van der Waals surface area contributed by atoms with Crippen LogP contribution in [0.15, 0.2) is 37.3 Å². The summed E-state index contributed by atoms with van der Waals surface area (Å²) in [5.41, 5.74) is 12.8. The van der Waals surface area contributed by atoms with E-state index in [0.29, 0.717) is 31.1 Å². The van der Waals surface area contributed by atoms with Crippen molar-refractivity contribution in [3.63, 3.8) is 0 Å². The monoisotopic (exact) mass is 529 g/mol. The Morgan fingerprint density at radius 1 is 1.23 bits per heavy atom. The lowest BCUT2D eigenvalue weighted by molar-refractivity contribution is -0.125. The number of fused-ring (bicyclic) bond motifs is 3. The van der Waals surface area contributed by atoms with Crippen molar-refractivity contribution in [1.82, 2.24) is 29.3 Å². The van der Waals surface area contributed by atoms with Gasteiger partial charge in [-0.05, 0) is 54.5 Å². The molecule has 39 heavy (non-hydrogen) atoms. The molecule has 0 atom stereocenters. The van der Waals surface area contributed by atoms with Crippen molar-refractivity contribution in [2.45, 2.75) is 46.7 Å². The van der Waals surface area contributed by atoms with Gasteiger partial charge in [-0.3, -0.25) is 14.6 Å². The molecule has 0 radical (unpaired) electrons. The number of nitrogens with two attached hydrogens (primary N) is 1. The molecule has 4 heterocycles. The average Bonchev–Trinajstić information content (AvgIpc) is 3.39. The number of pyridine rings is 1. The van der Waals surface area contributed by atoms with Crippen LogP contribution >= 0.6 is 0 Å². The standard InChI is InChI=1S/C29H35N7O3/c1-6-24(37)34(5)9-10-39-26-25(32-17-33-27(26)30)20-11-18(2)21(31-15-20)16-35-7-8-36-22(28(35)38)12-19-13-29(3,4)14-23(19)36/h6,11-12,15,17H,1,7-10,13-14,16H2,2-5H3,(H2,30,32,33). The van der Waals surface area contributed by atoms with E-state index in [-0.39, 0.29) is 29.7 Å². The second-order valence-corrected chi connectivity index (χ2v) is 11.1. The van der Waals surface area contributed by atoms with Crippen LogP contribution in [0, 0.1) is 12.3 Å². The van der Waals surface area contributed by atoms with Gasteiger partial charge in [0.25, 0.3) is 5.91 Å². The summed E-state index contributed by atoms with van der Waals surface area (Å²) in [4.78, 5) is 41.6. The highest BCUT2D eigenvalue weighted by molar-refractivity contribution is 5.94. The lowest BCUT2D eigenvalue weighted by atomic mass is 9.90. The van der Waals surface area contributed by atoms with E-state index in [1.54, 1.807) is 13.2 Å². The number of nitrogen functional groups attached to an aromatic ring is 1. The number of amides is 2. The number of hydrogen-bond donors (Lipinski definition) is 1. The zero-order chi connectivity index (χ0) is 27.9. The molecule has 204 valence electrons. The fourth-order valence-corrected chi connectivity index (χ4v) is 5.47. The molecule has 2 N–H and O–H groups in total. The fourth-order valence-electron chi connectivity index (χ4n) is 5.47. The molecule has 0 saturated heterocycles. The number of rotatable bonds is 8. The lowest BCUT2D eigenvalue weighted by Gasteiger charge is -2.30. The number of carbonyl (C=O) groups is 2. The van der Waals surface area contributed by atoms with Gasteiger partial charge in [-0.2, -0.15) is 0 Å². The molecule has 0 aromatic carbocycles. The van der Waals surface area contributed by atoms with Crippen LogP contribution in [0.5, 0.6) is 5.75 Å². The van der Waals surface area contributed by atoms with E-state index in [0.717, 1.165) is 41.9 Å². The first-order valence-electron chi connectivity index (χ1n) is 13.1. The Morgan fingerprint density at radius 3 is 2.77 bits per heavy atom. The number of aryl methyl sites for hydroxylation is 1. The Balaban J connectivity index is 1.31. The minimum Gasteiger partial charge on any atom is -0.486 e. The molecule has 0 unspecified atom stereocenters. The van der Waals surface area contributed by atoms with E-state index in [2.05, 4.69) is 41.0 Å². The molecule has 3 aromatic heterocycles. The Bertz CT molecular complexity index is 1460. The third-order valence-corrected chi connectivity index (χ3v) is 7.57. The predicted molar refractivity (Wildman–Crippen MR) is 148 cm³/mol.